The van der Waals surface area contributed by atoms with E-state index in [2.05, 4.69) is 5.10 Å². The second-order valence-electron chi connectivity index (χ2n) is 6.73. The average molecular weight is 350 g/mol. The molecular formula is C21H22N2O3. The molecule has 0 unspecified atom stereocenters. The SMILES string of the molecule is CC(C)Cn1nc(C(=O)O[C@H](C)c2ccccc2)c2ccccc2c1=O. The number of carbonyl (C=O) groups excluding carboxylic acids is 1. The molecule has 0 aliphatic carbocycles. The molecule has 0 fully saturated rings. The van der Waals surface area contributed by atoms with Crippen LogP contribution in [-0.4, -0.2) is 15.7 Å². The monoisotopic (exact) mass is 350 g/mol. The molecule has 1 aromatic heterocycles. The summed E-state index contributed by atoms with van der Waals surface area (Å²) in [6.07, 6.45) is -0.408. The van der Waals surface area contributed by atoms with Crippen molar-refractivity contribution in [2.75, 3.05) is 0 Å². The van der Waals surface area contributed by atoms with Crippen molar-refractivity contribution in [3.63, 3.8) is 0 Å². The molecule has 0 bridgehead atoms. The topological polar surface area (TPSA) is 61.2 Å². The summed E-state index contributed by atoms with van der Waals surface area (Å²) < 4.78 is 6.97. The number of fused-ring (bicyclic) bond motifs is 1. The van der Waals surface area contributed by atoms with Gasteiger partial charge in [0.2, 0.25) is 0 Å². The molecular weight excluding hydrogens is 328 g/mol. The van der Waals surface area contributed by atoms with E-state index in [0.717, 1.165) is 5.56 Å². The lowest BCUT2D eigenvalue weighted by Crippen LogP contribution is -2.28. The zero-order chi connectivity index (χ0) is 18.7. The maximum absolute atomic E-state index is 12.8. The lowest BCUT2D eigenvalue weighted by molar-refractivity contribution is 0.0330. The fourth-order valence-corrected chi connectivity index (χ4v) is 2.86. The van der Waals surface area contributed by atoms with Crippen molar-refractivity contribution in [2.45, 2.75) is 33.4 Å². The van der Waals surface area contributed by atoms with Crippen molar-refractivity contribution in [1.82, 2.24) is 9.78 Å². The summed E-state index contributed by atoms with van der Waals surface area (Å²) in [5.74, 6) is -0.302. The number of rotatable bonds is 5. The second kappa shape index (κ2) is 7.52. The summed E-state index contributed by atoms with van der Waals surface area (Å²) >= 11 is 0. The van der Waals surface area contributed by atoms with E-state index >= 15 is 0 Å². The van der Waals surface area contributed by atoms with Crippen molar-refractivity contribution in [2.24, 2.45) is 5.92 Å². The van der Waals surface area contributed by atoms with Crippen LogP contribution in [0.4, 0.5) is 0 Å². The summed E-state index contributed by atoms with van der Waals surface area (Å²) in [5.41, 5.74) is 0.881. The van der Waals surface area contributed by atoms with E-state index in [1.807, 2.05) is 51.1 Å². The lowest BCUT2D eigenvalue weighted by Gasteiger charge is -2.15. The molecule has 2 aromatic carbocycles. The number of nitrogens with zero attached hydrogens (tertiary/aromatic N) is 2. The Labute approximate surface area is 152 Å². The number of benzene rings is 2. The first-order valence-electron chi connectivity index (χ1n) is 8.73. The Kier molecular flexibility index (Phi) is 5.16. The Bertz CT molecular complexity index is 977. The van der Waals surface area contributed by atoms with Gasteiger partial charge in [-0.15, -0.1) is 0 Å². The van der Waals surface area contributed by atoms with Gasteiger partial charge in [-0.1, -0.05) is 62.4 Å². The Hall–Kier alpha value is -2.95. The van der Waals surface area contributed by atoms with E-state index in [1.54, 1.807) is 24.3 Å². The zero-order valence-corrected chi connectivity index (χ0v) is 15.2. The summed E-state index contributed by atoms with van der Waals surface area (Å²) in [6.45, 7) is 6.26. The number of carbonyl (C=O) groups is 1. The average Bonchev–Trinajstić information content (AvgIpc) is 2.64. The van der Waals surface area contributed by atoms with Crippen LogP contribution in [0.3, 0.4) is 0 Å². The van der Waals surface area contributed by atoms with Gasteiger partial charge in [0.1, 0.15) is 6.10 Å². The van der Waals surface area contributed by atoms with Crippen LogP contribution in [0, 0.1) is 5.92 Å². The third-order valence-corrected chi connectivity index (χ3v) is 4.15. The Morgan fingerprint density at radius 1 is 1.00 bits per heavy atom. The van der Waals surface area contributed by atoms with Crippen LogP contribution < -0.4 is 5.56 Å². The van der Waals surface area contributed by atoms with Crippen molar-refractivity contribution in [3.8, 4) is 0 Å². The largest absolute Gasteiger partial charge is 0.453 e. The first-order valence-corrected chi connectivity index (χ1v) is 8.73. The van der Waals surface area contributed by atoms with Gasteiger partial charge >= 0.3 is 5.97 Å². The van der Waals surface area contributed by atoms with Gasteiger partial charge < -0.3 is 4.74 Å². The fourth-order valence-electron chi connectivity index (χ4n) is 2.86. The molecule has 3 rings (SSSR count). The van der Waals surface area contributed by atoms with Crippen LogP contribution in [0.2, 0.25) is 0 Å². The first kappa shape index (κ1) is 17.9. The molecule has 0 spiro atoms. The van der Waals surface area contributed by atoms with Gasteiger partial charge in [-0.25, -0.2) is 9.48 Å². The molecule has 0 N–H and O–H groups in total. The fraction of sp³-hybridized carbons (Fsp3) is 0.286. The molecule has 134 valence electrons. The molecule has 0 aliphatic rings. The van der Waals surface area contributed by atoms with Gasteiger partial charge in [-0.05, 0) is 24.5 Å². The van der Waals surface area contributed by atoms with Crippen LogP contribution in [-0.2, 0) is 11.3 Å². The van der Waals surface area contributed by atoms with Crippen molar-refractivity contribution in [1.29, 1.82) is 0 Å². The van der Waals surface area contributed by atoms with Crippen LogP contribution in [0.1, 0.15) is 42.9 Å². The van der Waals surface area contributed by atoms with Gasteiger partial charge in [-0.2, -0.15) is 5.10 Å². The van der Waals surface area contributed by atoms with Crippen molar-refractivity contribution >= 4 is 16.7 Å². The third kappa shape index (κ3) is 3.67. The quantitative estimate of drug-likeness (QED) is 0.653. The minimum Gasteiger partial charge on any atom is -0.453 e. The maximum Gasteiger partial charge on any atom is 0.360 e. The van der Waals surface area contributed by atoms with Crippen molar-refractivity contribution < 1.29 is 9.53 Å². The normalized spacial score (nSPS) is 12.3. The molecule has 0 saturated heterocycles. The minimum absolute atomic E-state index is 0.170. The van der Waals surface area contributed by atoms with Gasteiger partial charge in [0, 0.05) is 11.9 Å². The molecule has 5 nitrogen and oxygen atoms in total. The zero-order valence-electron chi connectivity index (χ0n) is 15.2. The third-order valence-electron chi connectivity index (χ3n) is 4.15. The predicted octanol–water partition coefficient (Wildman–Crippen LogP) is 3.97. The molecule has 0 amide bonds. The first-order chi connectivity index (χ1) is 12.5. The van der Waals surface area contributed by atoms with E-state index in [4.69, 9.17) is 4.74 Å². The van der Waals surface area contributed by atoms with Crippen LogP contribution in [0.5, 0.6) is 0 Å². The highest BCUT2D eigenvalue weighted by molar-refractivity contribution is 6.02. The molecule has 5 heteroatoms. The van der Waals surface area contributed by atoms with E-state index in [9.17, 15) is 9.59 Å². The Balaban J connectivity index is 2.01. The number of hydrogen-bond donors (Lipinski definition) is 0. The summed E-state index contributed by atoms with van der Waals surface area (Å²) in [6, 6.07) is 16.5. The molecule has 1 atom stereocenters. The number of ether oxygens (including phenoxy) is 1. The summed E-state index contributed by atoms with van der Waals surface area (Å²) in [5, 5.41) is 5.31. The minimum atomic E-state index is -0.532. The lowest BCUT2D eigenvalue weighted by atomic mass is 10.1. The van der Waals surface area contributed by atoms with Crippen LogP contribution in [0.15, 0.2) is 59.4 Å². The van der Waals surface area contributed by atoms with Gasteiger partial charge in [0.05, 0.1) is 5.39 Å². The highest BCUT2D eigenvalue weighted by Gasteiger charge is 2.20. The van der Waals surface area contributed by atoms with E-state index in [1.165, 1.54) is 4.68 Å². The van der Waals surface area contributed by atoms with Crippen LogP contribution in [0.25, 0.3) is 10.8 Å². The Morgan fingerprint density at radius 3 is 2.27 bits per heavy atom. The second-order valence-corrected chi connectivity index (χ2v) is 6.73. The highest BCUT2D eigenvalue weighted by Crippen LogP contribution is 2.20. The van der Waals surface area contributed by atoms with E-state index in [0.29, 0.717) is 17.3 Å². The molecule has 0 saturated carbocycles. The summed E-state index contributed by atoms with van der Waals surface area (Å²) in [7, 11) is 0. The number of aromatic nitrogens is 2. The molecule has 26 heavy (non-hydrogen) atoms. The molecule has 0 aliphatic heterocycles. The van der Waals surface area contributed by atoms with Gasteiger partial charge in [0.25, 0.3) is 5.56 Å². The van der Waals surface area contributed by atoms with Gasteiger partial charge in [0.15, 0.2) is 5.69 Å². The maximum atomic E-state index is 12.8. The predicted molar refractivity (Wildman–Crippen MR) is 101 cm³/mol. The highest BCUT2D eigenvalue weighted by atomic mass is 16.5. The standard InChI is InChI=1S/C21H22N2O3/c1-14(2)13-23-20(24)18-12-8-7-11-17(18)19(22-23)21(25)26-15(3)16-9-5-4-6-10-16/h4-12,14-15H,13H2,1-3H3/t15-/m1/s1. The smallest absolute Gasteiger partial charge is 0.360 e. The number of hydrogen-bond acceptors (Lipinski definition) is 4. The van der Waals surface area contributed by atoms with Crippen molar-refractivity contribution in [3.05, 3.63) is 76.2 Å². The molecule has 0 radical (unpaired) electrons. The van der Waals surface area contributed by atoms with E-state index in [-0.39, 0.29) is 17.2 Å². The van der Waals surface area contributed by atoms with Crippen LogP contribution >= 0.6 is 0 Å². The van der Waals surface area contributed by atoms with E-state index < -0.39 is 12.1 Å². The molecule has 3 aromatic rings. The summed E-state index contributed by atoms with van der Waals surface area (Å²) in [4.78, 5) is 25.4. The Morgan fingerprint density at radius 2 is 1.62 bits per heavy atom. The number of esters is 1. The molecule has 1 heterocycles. The van der Waals surface area contributed by atoms with Gasteiger partial charge in [-0.3, -0.25) is 4.79 Å².